The number of anilines is 1. The minimum atomic E-state index is -1.20. The highest BCUT2D eigenvalue weighted by atomic mass is 16.7. The molecule has 1 atom stereocenters. The average molecular weight is 557 g/mol. The highest BCUT2D eigenvalue weighted by Crippen LogP contribution is 2.39. The fourth-order valence-corrected chi connectivity index (χ4v) is 5.29. The minimum Gasteiger partial charge on any atom is -0.483 e. The Morgan fingerprint density at radius 3 is 2.59 bits per heavy atom. The van der Waals surface area contributed by atoms with Gasteiger partial charge in [0.05, 0.1) is 16.9 Å². The van der Waals surface area contributed by atoms with Crippen LogP contribution in [-0.2, 0) is 41.7 Å². The third kappa shape index (κ3) is 5.48. The van der Waals surface area contributed by atoms with Crippen LogP contribution in [-0.4, -0.2) is 77.4 Å². The summed E-state index contributed by atoms with van der Waals surface area (Å²) >= 11 is 0. The van der Waals surface area contributed by atoms with E-state index in [0.29, 0.717) is 55.3 Å². The Bertz CT molecular complexity index is 1580. The Kier molecular flexibility index (Phi) is 7.10. The molecule has 41 heavy (non-hydrogen) atoms. The number of pyridine rings is 1. The molecule has 0 aliphatic carbocycles. The van der Waals surface area contributed by atoms with Crippen molar-refractivity contribution in [1.82, 2.24) is 14.8 Å². The normalized spacial score (nSPS) is 19.9. The van der Waals surface area contributed by atoms with Gasteiger partial charge in [0, 0.05) is 62.2 Å². The van der Waals surface area contributed by atoms with Gasteiger partial charge in [-0.05, 0) is 30.7 Å². The quantitative estimate of drug-likeness (QED) is 0.435. The summed E-state index contributed by atoms with van der Waals surface area (Å²) < 4.78 is 11.2. The van der Waals surface area contributed by atoms with Gasteiger partial charge in [-0.2, -0.15) is 0 Å². The molecule has 0 saturated carbocycles. The van der Waals surface area contributed by atoms with Crippen LogP contribution < -0.4 is 9.80 Å². The van der Waals surface area contributed by atoms with E-state index in [9.17, 15) is 19.2 Å². The Hall–Kier alpha value is -4.77. The Morgan fingerprint density at radius 2 is 1.76 bits per heavy atom. The number of hydrogen-bond donors (Lipinski definition) is 0. The molecular formula is C30H28N4O7. The summed E-state index contributed by atoms with van der Waals surface area (Å²) in [6.07, 6.45) is 0.649. The molecule has 210 valence electrons. The maximum Gasteiger partial charge on any atom is 0.356 e. The van der Waals surface area contributed by atoms with Crippen molar-refractivity contribution in [1.29, 1.82) is 0 Å². The molecule has 2 amide bonds. The number of amides is 2. The third-order valence-corrected chi connectivity index (χ3v) is 7.42. The zero-order chi connectivity index (χ0) is 28.5. The number of esters is 1. The highest BCUT2D eigenvalue weighted by molar-refractivity contribution is 6.04. The second-order valence-electron chi connectivity index (χ2n) is 10.2. The fourth-order valence-electron chi connectivity index (χ4n) is 5.29. The van der Waals surface area contributed by atoms with E-state index < -0.39 is 23.9 Å². The van der Waals surface area contributed by atoms with Crippen LogP contribution in [0.5, 0.6) is 5.75 Å². The maximum atomic E-state index is 13.1. The van der Waals surface area contributed by atoms with Gasteiger partial charge in [-0.15, -0.1) is 5.06 Å². The van der Waals surface area contributed by atoms with Gasteiger partial charge in [-0.3, -0.25) is 19.5 Å². The molecule has 0 N–H and O–H groups in total. The first kappa shape index (κ1) is 26.5. The van der Waals surface area contributed by atoms with Crippen LogP contribution in [0.4, 0.5) is 5.69 Å². The van der Waals surface area contributed by atoms with Crippen LogP contribution in [0.25, 0.3) is 10.9 Å². The zero-order valence-corrected chi connectivity index (χ0v) is 22.4. The van der Waals surface area contributed by atoms with Crippen LogP contribution in [0.15, 0.2) is 60.7 Å². The molecule has 2 bridgehead atoms. The van der Waals surface area contributed by atoms with Crippen molar-refractivity contribution in [3.63, 3.8) is 0 Å². The topological polar surface area (TPSA) is 119 Å². The summed E-state index contributed by atoms with van der Waals surface area (Å²) in [5.74, 6) is -2.20. The first-order valence-electron chi connectivity index (χ1n) is 13.4. The van der Waals surface area contributed by atoms with Crippen LogP contribution in [0, 0.1) is 6.92 Å². The largest absolute Gasteiger partial charge is 0.483 e. The van der Waals surface area contributed by atoms with Gasteiger partial charge < -0.3 is 19.2 Å². The van der Waals surface area contributed by atoms with Crippen molar-refractivity contribution in [2.45, 2.75) is 26.0 Å². The lowest BCUT2D eigenvalue weighted by atomic mass is 9.96. The number of benzene rings is 2. The van der Waals surface area contributed by atoms with Crippen molar-refractivity contribution in [2.24, 2.45) is 0 Å². The molecule has 2 aromatic carbocycles. The molecule has 1 saturated heterocycles. The second kappa shape index (κ2) is 11.0. The minimum absolute atomic E-state index is 0.0223. The van der Waals surface area contributed by atoms with E-state index in [1.807, 2.05) is 30.3 Å². The van der Waals surface area contributed by atoms with Crippen molar-refractivity contribution in [3.8, 4) is 5.75 Å². The first-order chi connectivity index (χ1) is 19.9. The number of aryl methyl sites for hydroxylation is 1. The monoisotopic (exact) mass is 556 g/mol. The van der Waals surface area contributed by atoms with Crippen LogP contribution in [0.3, 0.4) is 0 Å². The molecular weight excluding hydrogens is 528 g/mol. The fraction of sp³-hybridized carbons (Fsp3) is 0.300. The number of aromatic nitrogens is 1. The summed E-state index contributed by atoms with van der Waals surface area (Å²) in [7, 11) is 0. The van der Waals surface area contributed by atoms with Crippen molar-refractivity contribution >= 4 is 40.3 Å². The van der Waals surface area contributed by atoms with Gasteiger partial charge in [-0.25, -0.2) is 9.59 Å². The number of fused-ring (bicyclic) bond motifs is 5. The molecule has 4 heterocycles. The molecule has 3 aromatic rings. The number of piperazine rings is 1. The van der Waals surface area contributed by atoms with E-state index in [0.717, 1.165) is 33.8 Å². The predicted molar refractivity (Wildman–Crippen MR) is 147 cm³/mol. The van der Waals surface area contributed by atoms with E-state index in [1.165, 1.54) is 0 Å². The van der Waals surface area contributed by atoms with E-state index in [1.54, 1.807) is 24.0 Å². The number of hydrogen-bond acceptors (Lipinski definition) is 9. The van der Waals surface area contributed by atoms with E-state index >= 15 is 0 Å². The van der Waals surface area contributed by atoms with Crippen molar-refractivity contribution in [2.75, 3.05) is 37.8 Å². The molecule has 3 aliphatic heterocycles. The first-order valence-corrected chi connectivity index (χ1v) is 13.4. The Labute approximate surface area is 235 Å². The van der Waals surface area contributed by atoms with Crippen LogP contribution >= 0.6 is 0 Å². The lowest BCUT2D eigenvalue weighted by molar-refractivity contribution is -0.156. The van der Waals surface area contributed by atoms with Gasteiger partial charge in [0.1, 0.15) is 5.75 Å². The van der Waals surface area contributed by atoms with Crippen molar-refractivity contribution in [3.05, 3.63) is 77.5 Å². The van der Waals surface area contributed by atoms with Gasteiger partial charge in [-0.1, -0.05) is 30.3 Å². The number of rotatable bonds is 5. The van der Waals surface area contributed by atoms with Crippen molar-refractivity contribution < 1.29 is 33.5 Å². The Balaban J connectivity index is 1.10. The smallest absolute Gasteiger partial charge is 0.356 e. The van der Waals surface area contributed by atoms with E-state index in [4.69, 9.17) is 19.3 Å². The van der Waals surface area contributed by atoms with E-state index in [-0.39, 0.29) is 18.9 Å². The number of hydroxylamine groups is 1. The number of nitrogens with zero attached hydrogens (tertiary/aromatic N) is 4. The summed E-state index contributed by atoms with van der Waals surface area (Å²) in [4.78, 5) is 64.2. The summed E-state index contributed by atoms with van der Waals surface area (Å²) in [6, 6.07) is 15.5. The average Bonchev–Trinajstić information content (AvgIpc) is 3.00. The second-order valence-corrected chi connectivity index (χ2v) is 10.2. The highest BCUT2D eigenvalue weighted by Gasteiger charge is 2.41. The lowest BCUT2D eigenvalue weighted by Gasteiger charge is -2.35. The van der Waals surface area contributed by atoms with E-state index in [2.05, 4.69) is 11.0 Å². The predicted octanol–water partition coefficient (Wildman–Crippen LogP) is 2.10. The van der Waals surface area contributed by atoms with Crippen LogP contribution in [0.1, 0.15) is 16.8 Å². The van der Waals surface area contributed by atoms with Gasteiger partial charge in [0.25, 0.3) is 5.91 Å². The van der Waals surface area contributed by atoms with Gasteiger partial charge >= 0.3 is 17.8 Å². The molecule has 1 fully saturated rings. The number of carbonyl (C=O) groups excluding carboxylic acids is 4. The molecule has 0 radical (unpaired) electrons. The summed E-state index contributed by atoms with van der Waals surface area (Å²) in [5.41, 5.74) is 3.47. The SMILES string of the molecule is Cc1ccc(OCC(=O)N2CCN(Cc3ccc4ccccc4n3)CC2)c2c1N1OC(=O)/C=C\C(=O)OC(C2)C1=O. The molecule has 6 rings (SSSR count). The maximum absolute atomic E-state index is 13.1. The third-order valence-electron chi connectivity index (χ3n) is 7.42. The molecule has 3 aliphatic rings. The zero-order valence-electron chi connectivity index (χ0n) is 22.4. The number of para-hydroxylation sites is 1. The molecule has 1 unspecified atom stereocenters. The lowest BCUT2D eigenvalue weighted by Crippen LogP contribution is -2.49. The standard InChI is InChI=1S/C30H28N4O7/c1-19-6-9-24(22-16-25-30(38)34(29(19)22)41-28(37)11-10-27(36)40-25)39-18-26(35)33-14-12-32(13-15-33)17-21-8-7-20-4-2-3-5-23(20)31-21/h2-11,25H,12-18H2,1H3/b11-10-. The summed E-state index contributed by atoms with van der Waals surface area (Å²) in [5, 5.41) is 1.96. The number of ether oxygens (including phenoxy) is 2. The van der Waals surface area contributed by atoms with Gasteiger partial charge in [0.2, 0.25) is 0 Å². The van der Waals surface area contributed by atoms with Gasteiger partial charge in [0.15, 0.2) is 12.7 Å². The Morgan fingerprint density at radius 1 is 0.976 bits per heavy atom. The van der Waals surface area contributed by atoms with Crippen LogP contribution in [0.2, 0.25) is 0 Å². The molecule has 11 heteroatoms. The summed E-state index contributed by atoms with van der Waals surface area (Å²) in [6.45, 7) is 4.81. The number of carbonyl (C=O) groups is 4. The molecule has 1 aromatic heterocycles. The molecule has 11 nitrogen and oxygen atoms in total. The molecule has 0 spiro atoms.